The van der Waals surface area contributed by atoms with Gasteiger partial charge in [-0.3, -0.25) is 4.79 Å². The quantitative estimate of drug-likeness (QED) is 0.812. The minimum Gasteiger partial charge on any atom is -0.385 e. The van der Waals surface area contributed by atoms with Gasteiger partial charge >= 0.3 is 0 Å². The van der Waals surface area contributed by atoms with Crippen LogP contribution in [-0.2, 0) is 15.1 Å². The van der Waals surface area contributed by atoms with Crippen LogP contribution in [0.25, 0.3) is 0 Å². The van der Waals surface area contributed by atoms with Gasteiger partial charge in [0.2, 0.25) is 5.91 Å². The van der Waals surface area contributed by atoms with Crippen molar-refractivity contribution in [2.75, 3.05) is 20.3 Å². The van der Waals surface area contributed by atoms with Gasteiger partial charge < -0.3 is 15.8 Å². The van der Waals surface area contributed by atoms with E-state index in [0.717, 1.165) is 12.0 Å². The molecule has 0 heterocycles. The number of carbonyl (C=O) groups excluding carboxylic acids is 1. The number of carbonyl (C=O) groups is 1. The Morgan fingerprint density at radius 2 is 1.81 bits per heavy atom. The Balaban J connectivity index is 0.00000400. The van der Waals surface area contributed by atoms with Crippen molar-refractivity contribution in [3.05, 3.63) is 35.9 Å². The zero-order valence-electron chi connectivity index (χ0n) is 13.3. The van der Waals surface area contributed by atoms with Crippen molar-refractivity contribution in [3.63, 3.8) is 0 Å². The van der Waals surface area contributed by atoms with Crippen LogP contribution in [0, 0.1) is 5.41 Å². The highest BCUT2D eigenvalue weighted by Crippen LogP contribution is 2.21. The van der Waals surface area contributed by atoms with E-state index in [9.17, 15) is 4.79 Å². The van der Waals surface area contributed by atoms with Gasteiger partial charge in [0.1, 0.15) is 5.54 Å². The van der Waals surface area contributed by atoms with E-state index in [0.29, 0.717) is 13.2 Å². The van der Waals surface area contributed by atoms with Crippen LogP contribution in [0.3, 0.4) is 0 Å². The number of rotatable bonds is 7. The molecule has 5 heteroatoms. The number of methoxy groups -OCH3 is 1. The highest BCUT2D eigenvalue weighted by molar-refractivity contribution is 5.87. The molecule has 3 N–H and O–H groups in total. The fourth-order valence-corrected chi connectivity index (χ4v) is 1.89. The lowest BCUT2D eigenvalue weighted by Crippen LogP contribution is -2.51. The molecule has 0 bridgehead atoms. The first kappa shape index (κ1) is 19.9. The van der Waals surface area contributed by atoms with Crippen molar-refractivity contribution in [1.82, 2.24) is 5.32 Å². The van der Waals surface area contributed by atoms with Crippen LogP contribution in [0.5, 0.6) is 0 Å². The smallest absolute Gasteiger partial charge is 0.244 e. The van der Waals surface area contributed by atoms with Crippen LogP contribution >= 0.6 is 12.4 Å². The summed E-state index contributed by atoms with van der Waals surface area (Å²) in [7, 11) is 1.68. The second-order valence-electron chi connectivity index (χ2n) is 6.16. The average molecular weight is 315 g/mol. The molecule has 1 rings (SSSR count). The molecule has 1 aromatic rings. The largest absolute Gasteiger partial charge is 0.385 e. The molecule has 120 valence electrons. The number of hydrogen-bond acceptors (Lipinski definition) is 3. The molecule has 0 saturated heterocycles. The molecule has 0 aliphatic rings. The number of ether oxygens (including phenoxy) is 1. The van der Waals surface area contributed by atoms with Crippen molar-refractivity contribution < 1.29 is 9.53 Å². The molecule has 0 saturated carbocycles. The first-order chi connectivity index (χ1) is 9.29. The summed E-state index contributed by atoms with van der Waals surface area (Å²) in [6.07, 6.45) is 0.885. The van der Waals surface area contributed by atoms with Gasteiger partial charge in [-0.05, 0) is 24.3 Å². The SMILES string of the molecule is COCCC(C)(C)CNC(=O)C(C)(N)c1ccccc1.Cl. The van der Waals surface area contributed by atoms with E-state index in [1.54, 1.807) is 14.0 Å². The first-order valence-electron chi connectivity index (χ1n) is 6.91. The third-order valence-corrected chi connectivity index (χ3v) is 3.56. The van der Waals surface area contributed by atoms with Crippen molar-refractivity contribution in [2.45, 2.75) is 32.7 Å². The lowest BCUT2D eigenvalue weighted by atomic mass is 9.88. The number of amides is 1. The van der Waals surface area contributed by atoms with Gasteiger partial charge in [-0.15, -0.1) is 12.4 Å². The van der Waals surface area contributed by atoms with E-state index in [4.69, 9.17) is 10.5 Å². The average Bonchev–Trinajstić information content (AvgIpc) is 2.43. The number of nitrogens with two attached hydrogens (primary N) is 1. The highest BCUT2D eigenvalue weighted by Gasteiger charge is 2.31. The second kappa shape index (κ2) is 8.37. The lowest BCUT2D eigenvalue weighted by Gasteiger charge is -2.29. The molecule has 1 unspecified atom stereocenters. The Bertz CT molecular complexity index is 433. The summed E-state index contributed by atoms with van der Waals surface area (Å²) in [5.41, 5.74) is 5.96. The van der Waals surface area contributed by atoms with Gasteiger partial charge in [-0.25, -0.2) is 0 Å². The molecule has 0 aliphatic heterocycles. The first-order valence-corrected chi connectivity index (χ1v) is 6.91. The third kappa shape index (κ3) is 6.04. The zero-order valence-corrected chi connectivity index (χ0v) is 14.1. The van der Waals surface area contributed by atoms with Gasteiger partial charge in [0.25, 0.3) is 0 Å². The van der Waals surface area contributed by atoms with Crippen molar-refractivity contribution in [3.8, 4) is 0 Å². The molecule has 4 nitrogen and oxygen atoms in total. The number of nitrogens with one attached hydrogen (secondary N) is 1. The van der Waals surface area contributed by atoms with E-state index in [1.165, 1.54) is 0 Å². The molecular weight excluding hydrogens is 288 g/mol. The molecule has 21 heavy (non-hydrogen) atoms. The van der Waals surface area contributed by atoms with Gasteiger partial charge in [0.15, 0.2) is 0 Å². The molecule has 0 radical (unpaired) electrons. The predicted octanol–water partition coefficient (Wildman–Crippen LogP) is 2.46. The van der Waals surface area contributed by atoms with Crippen LogP contribution in [-0.4, -0.2) is 26.2 Å². The number of benzene rings is 1. The molecule has 0 aromatic heterocycles. The Morgan fingerprint density at radius 1 is 1.24 bits per heavy atom. The Kier molecular flexibility index (Phi) is 7.93. The van der Waals surface area contributed by atoms with E-state index in [2.05, 4.69) is 19.2 Å². The van der Waals surface area contributed by atoms with Gasteiger partial charge in [-0.1, -0.05) is 44.2 Å². The highest BCUT2D eigenvalue weighted by atomic mass is 35.5. The molecular formula is C16H27ClN2O2. The lowest BCUT2D eigenvalue weighted by molar-refractivity contribution is -0.126. The fourth-order valence-electron chi connectivity index (χ4n) is 1.89. The van der Waals surface area contributed by atoms with E-state index >= 15 is 0 Å². The van der Waals surface area contributed by atoms with Crippen LogP contribution in [0.1, 0.15) is 32.8 Å². The minimum atomic E-state index is -1.02. The van der Waals surface area contributed by atoms with Crippen molar-refractivity contribution in [1.29, 1.82) is 0 Å². The zero-order chi connectivity index (χ0) is 15.2. The maximum absolute atomic E-state index is 12.3. The third-order valence-electron chi connectivity index (χ3n) is 3.56. The maximum atomic E-state index is 12.3. The van der Waals surface area contributed by atoms with Gasteiger partial charge in [0.05, 0.1) is 0 Å². The molecule has 1 aromatic carbocycles. The van der Waals surface area contributed by atoms with Crippen LogP contribution in [0.2, 0.25) is 0 Å². The molecule has 1 amide bonds. The molecule has 0 fully saturated rings. The Hall–Kier alpha value is -1.10. The predicted molar refractivity (Wildman–Crippen MR) is 88.5 cm³/mol. The minimum absolute atomic E-state index is 0. The van der Waals surface area contributed by atoms with Gasteiger partial charge in [0, 0.05) is 20.3 Å². The monoisotopic (exact) mass is 314 g/mol. The second-order valence-corrected chi connectivity index (χ2v) is 6.16. The Morgan fingerprint density at radius 3 is 2.33 bits per heavy atom. The normalized spacial score (nSPS) is 14.0. The van der Waals surface area contributed by atoms with Crippen LogP contribution < -0.4 is 11.1 Å². The van der Waals surface area contributed by atoms with E-state index in [-0.39, 0.29) is 23.7 Å². The standard InChI is InChI=1S/C16H26N2O2.ClH/c1-15(2,10-11-20-4)12-18-14(19)16(3,17)13-8-6-5-7-9-13;/h5-9H,10-12,17H2,1-4H3,(H,18,19);1H. The molecule has 0 spiro atoms. The summed E-state index contributed by atoms with van der Waals surface area (Å²) in [6, 6.07) is 9.42. The summed E-state index contributed by atoms with van der Waals surface area (Å²) >= 11 is 0. The van der Waals surface area contributed by atoms with E-state index in [1.807, 2.05) is 30.3 Å². The summed E-state index contributed by atoms with van der Waals surface area (Å²) in [4.78, 5) is 12.3. The summed E-state index contributed by atoms with van der Waals surface area (Å²) in [5.74, 6) is -0.158. The van der Waals surface area contributed by atoms with E-state index < -0.39 is 5.54 Å². The number of hydrogen-bond donors (Lipinski definition) is 2. The van der Waals surface area contributed by atoms with Crippen molar-refractivity contribution >= 4 is 18.3 Å². The fraction of sp³-hybridized carbons (Fsp3) is 0.562. The van der Waals surface area contributed by atoms with Gasteiger partial charge in [-0.2, -0.15) is 0 Å². The summed E-state index contributed by atoms with van der Waals surface area (Å²) in [5, 5.41) is 2.95. The molecule has 1 atom stereocenters. The topological polar surface area (TPSA) is 64.3 Å². The Labute approximate surface area is 133 Å². The summed E-state index contributed by atoms with van der Waals surface area (Å²) in [6.45, 7) is 7.20. The molecule has 0 aliphatic carbocycles. The van der Waals surface area contributed by atoms with Crippen LogP contribution in [0.15, 0.2) is 30.3 Å². The van der Waals surface area contributed by atoms with Crippen molar-refractivity contribution in [2.24, 2.45) is 11.1 Å². The van der Waals surface area contributed by atoms with Crippen LogP contribution in [0.4, 0.5) is 0 Å². The number of halogens is 1. The maximum Gasteiger partial charge on any atom is 0.244 e. The summed E-state index contributed by atoms with van der Waals surface area (Å²) < 4.78 is 5.08.